The molecule has 0 aliphatic carbocycles. The minimum absolute atomic E-state index is 0.174. The van der Waals surface area contributed by atoms with Gasteiger partial charge in [-0.15, -0.1) is 0 Å². The van der Waals surface area contributed by atoms with E-state index in [0.717, 1.165) is 22.0 Å². The third-order valence-electron chi connectivity index (χ3n) is 4.83. The first-order valence-corrected chi connectivity index (χ1v) is 9.64. The van der Waals surface area contributed by atoms with Crippen molar-refractivity contribution in [2.24, 2.45) is 5.92 Å². The van der Waals surface area contributed by atoms with E-state index in [1.807, 2.05) is 54.7 Å². The van der Waals surface area contributed by atoms with Crippen molar-refractivity contribution >= 4 is 22.8 Å². The van der Waals surface area contributed by atoms with Crippen molar-refractivity contribution in [3.8, 4) is 5.75 Å². The summed E-state index contributed by atoms with van der Waals surface area (Å²) in [6, 6.07) is 15.1. The molecule has 29 heavy (non-hydrogen) atoms. The summed E-state index contributed by atoms with van der Waals surface area (Å²) in [6.45, 7) is 3.78. The van der Waals surface area contributed by atoms with E-state index in [4.69, 9.17) is 14.2 Å². The fourth-order valence-corrected chi connectivity index (χ4v) is 3.64. The van der Waals surface area contributed by atoms with E-state index in [1.165, 1.54) is 0 Å². The molecule has 6 heteroatoms. The van der Waals surface area contributed by atoms with E-state index < -0.39 is 23.8 Å². The molecule has 1 aromatic heterocycles. The first-order chi connectivity index (χ1) is 14.1. The van der Waals surface area contributed by atoms with Crippen LogP contribution < -0.4 is 4.74 Å². The van der Waals surface area contributed by atoms with Gasteiger partial charge in [-0.1, -0.05) is 36.4 Å². The molecule has 2 aromatic carbocycles. The van der Waals surface area contributed by atoms with Crippen LogP contribution in [0.3, 0.4) is 0 Å². The number of methoxy groups -OCH3 is 1. The molecule has 0 fully saturated rings. The number of aromatic amines is 1. The van der Waals surface area contributed by atoms with Crippen LogP contribution in [-0.4, -0.2) is 37.2 Å². The lowest BCUT2D eigenvalue weighted by Crippen LogP contribution is -2.34. The Balaban J connectivity index is 2.25. The van der Waals surface area contributed by atoms with Crippen LogP contribution in [0.25, 0.3) is 10.9 Å². The van der Waals surface area contributed by atoms with E-state index >= 15 is 0 Å². The SMILES string of the molecule is CCOC(=O)C(C(=O)OCC)[C@@H](c1ccccc1)c1c[nH]c2cccc(OC)c12. The summed E-state index contributed by atoms with van der Waals surface area (Å²) in [5.41, 5.74) is 2.44. The molecule has 1 N–H and O–H groups in total. The van der Waals surface area contributed by atoms with E-state index in [1.54, 1.807) is 21.0 Å². The summed E-state index contributed by atoms with van der Waals surface area (Å²) in [6.07, 6.45) is 1.82. The molecule has 6 nitrogen and oxygen atoms in total. The van der Waals surface area contributed by atoms with Gasteiger partial charge < -0.3 is 19.2 Å². The Hall–Kier alpha value is -3.28. The van der Waals surface area contributed by atoms with Crippen LogP contribution in [0.2, 0.25) is 0 Å². The molecule has 152 valence electrons. The molecule has 3 aromatic rings. The van der Waals surface area contributed by atoms with E-state index in [2.05, 4.69) is 4.98 Å². The number of H-pyrrole nitrogens is 1. The Kier molecular flexibility index (Phi) is 6.54. The van der Waals surface area contributed by atoms with Gasteiger partial charge in [0.2, 0.25) is 0 Å². The lowest BCUT2D eigenvalue weighted by molar-refractivity contribution is -0.162. The van der Waals surface area contributed by atoms with Gasteiger partial charge in [0, 0.05) is 23.0 Å². The van der Waals surface area contributed by atoms with Crippen molar-refractivity contribution in [1.82, 2.24) is 4.98 Å². The second kappa shape index (κ2) is 9.28. The van der Waals surface area contributed by atoms with Gasteiger partial charge in [-0.25, -0.2) is 0 Å². The first kappa shape index (κ1) is 20.5. The molecule has 0 unspecified atom stereocenters. The van der Waals surface area contributed by atoms with E-state index in [0.29, 0.717) is 5.75 Å². The lowest BCUT2D eigenvalue weighted by atomic mass is 9.80. The highest BCUT2D eigenvalue weighted by Gasteiger charge is 2.40. The van der Waals surface area contributed by atoms with E-state index in [9.17, 15) is 9.59 Å². The number of aromatic nitrogens is 1. The monoisotopic (exact) mass is 395 g/mol. The smallest absolute Gasteiger partial charge is 0.321 e. The van der Waals surface area contributed by atoms with Gasteiger partial charge in [0.1, 0.15) is 5.75 Å². The molecule has 0 aliphatic rings. The largest absolute Gasteiger partial charge is 0.496 e. The van der Waals surface area contributed by atoms with Crippen molar-refractivity contribution < 1.29 is 23.8 Å². The molecule has 0 radical (unpaired) electrons. The zero-order chi connectivity index (χ0) is 20.8. The fourth-order valence-electron chi connectivity index (χ4n) is 3.64. The minimum Gasteiger partial charge on any atom is -0.496 e. The molecule has 1 atom stereocenters. The highest BCUT2D eigenvalue weighted by molar-refractivity contribution is 5.99. The second-order valence-electron chi connectivity index (χ2n) is 6.50. The average molecular weight is 395 g/mol. The number of carbonyl (C=O) groups excluding carboxylic acids is 2. The third-order valence-corrected chi connectivity index (χ3v) is 4.83. The summed E-state index contributed by atoms with van der Waals surface area (Å²) in [5.74, 6) is -2.29. The normalized spacial score (nSPS) is 12.0. The molecular formula is C23H25NO5. The van der Waals surface area contributed by atoms with Crippen LogP contribution in [-0.2, 0) is 19.1 Å². The highest BCUT2D eigenvalue weighted by atomic mass is 16.6. The van der Waals surface area contributed by atoms with Crippen LogP contribution in [0.15, 0.2) is 54.7 Å². The molecule has 0 spiro atoms. The number of fused-ring (bicyclic) bond motifs is 1. The predicted molar refractivity (Wildman–Crippen MR) is 110 cm³/mol. The summed E-state index contributed by atoms with van der Waals surface area (Å²) in [4.78, 5) is 29.0. The van der Waals surface area contributed by atoms with Gasteiger partial charge in [-0.3, -0.25) is 9.59 Å². The zero-order valence-electron chi connectivity index (χ0n) is 16.8. The number of benzene rings is 2. The topological polar surface area (TPSA) is 77.6 Å². The summed E-state index contributed by atoms with van der Waals surface area (Å²) in [5, 5.41) is 0.822. The van der Waals surface area contributed by atoms with Gasteiger partial charge in [0.25, 0.3) is 0 Å². The third kappa shape index (κ3) is 4.11. The van der Waals surface area contributed by atoms with Crippen molar-refractivity contribution in [3.05, 3.63) is 65.9 Å². The Labute approximate surface area is 169 Å². The van der Waals surface area contributed by atoms with Gasteiger partial charge in [-0.05, 0) is 37.1 Å². The quantitative estimate of drug-likeness (QED) is 0.460. The first-order valence-electron chi connectivity index (χ1n) is 9.64. The maximum absolute atomic E-state index is 12.9. The highest BCUT2D eigenvalue weighted by Crippen LogP contribution is 2.41. The number of carbonyl (C=O) groups is 2. The summed E-state index contributed by atoms with van der Waals surface area (Å²) >= 11 is 0. The second-order valence-corrected chi connectivity index (χ2v) is 6.50. The minimum atomic E-state index is -1.14. The number of nitrogens with one attached hydrogen (secondary N) is 1. The Morgan fingerprint density at radius 3 is 2.17 bits per heavy atom. The van der Waals surface area contributed by atoms with Gasteiger partial charge >= 0.3 is 11.9 Å². The Bertz CT molecular complexity index is 961. The Morgan fingerprint density at radius 1 is 0.931 bits per heavy atom. The van der Waals surface area contributed by atoms with E-state index in [-0.39, 0.29) is 13.2 Å². The standard InChI is InChI=1S/C23H25NO5/c1-4-28-22(25)21(23(26)29-5-2)19(15-10-7-6-8-11-15)16-14-24-17-12-9-13-18(27-3)20(16)17/h6-14,19,21,24H,4-5H2,1-3H3/t19-/m0/s1. The number of esters is 2. The zero-order valence-corrected chi connectivity index (χ0v) is 16.8. The van der Waals surface area contributed by atoms with Crippen LogP contribution in [0.4, 0.5) is 0 Å². The Morgan fingerprint density at radius 2 is 1.59 bits per heavy atom. The molecule has 3 rings (SSSR count). The van der Waals surface area contributed by atoms with Crippen molar-refractivity contribution in [3.63, 3.8) is 0 Å². The number of rotatable bonds is 8. The number of hydrogen-bond acceptors (Lipinski definition) is 5. The summed E-state index contributed by atoms with van der Waals surface area (Å²) in [7, 11) is 1.59. The molecule has 0 saturated heterocycles. The number of hydrogen-bond donors (Lipinski definition) is 1. The van der Waals surface area contributed by atoms with Crippen LogP contribution in [0.1, 0.15) is 30.9 Å². The molecule has 1 heterocycles. The molecule has 0 amide bonds. The molecule has 0 aliphatic heterocycles. The maximum atomic E-state index is 12.9. The number of ether oxygens (including phenoxy) is 3. The van der Waals surface area contributed by atoms with Gasteiger partial charge in [0.05, 0.1) is 20.3 Å². The molecular weight excluding hydrogens is 370 g/mol. The van der Waals surface area contributed by atoms with Gasteiger partial charge in [0.15, 0.2) is 5.92 Å². The predicted octanol–water partition coefficient (Wildman–Crippen LogP) is 4.05. The molecule has 0 saturated carbocycles. The lowest BCUT2D eigenvalue weighted by Gasteiger charge is -2.25. The van der Waals surface area contributed by atoms with Gasteiger partial charge in [-0.2, -0.15) is 0 Å². The van der Waals surface area contributed by atoms with Crippen molar-refractivity contribution in [2.45, 2.75) is 19.8 Å². The molecule has 0 bridgehead atoms. The van der Waals surface area contributed by atoms with Crippen LogP contribution in [0, 0.1) is 5.92 Å². The fraction of sp³-hybridized carbons (Fsp3) is 0.304. The van der Waals surface area contributed by atoms with Crippen LogP contribution >= 0.6 is 0 Å². The summed E-state index contributed by atoms with van der Waals surface area (Å²) < 4.78 is 16.1. The van der Waals surface area contributed by atoms with Crippen LogP contribution in [0.5, 0.6) is 5.75 Å². The maximum Gasteiger partial charge on any atom is 0.321 e. The van der Waals surface area contributed by atoms with Crippen molar-refractivity contribution in [2.75, 3.05) is 20.3 Å². The van der Waals surface area contributed by atoms with Crippen molar-refractivity contribution in [1.29, 1.82) is 0 Å². The average Bonchev–Trinajstić information content (AvgIpc) is 3.16.